The van der Waals surface area contributed by atoms with Crippen LogP contribution in [0, 0.1) is 11.6 Å². The lowest BCUT2D eigenvalue weighted by molar-refractivity contribution is -0.153. The van der Waals surface area contributed by atoms with Gasteiger partial charge in [0, 0.05) is 18.5 Å². The third-order valence-corrected chi connectivity index (χ3v) is 5.32. The van der Waals surface area contributed by atoms with Gasteiger partial charge in [0.15, 0.2) is 0 Å². The molecular formula is C23H25F2N3O3. The molecule has 1 saturated heterocycles. The zero-order valence-corrected chi connectivity index (χ0v) is 17.2. The van der Waals surface area contributed by atoms with Gasteiger partial charge in [-0.2, -0.15) is 0 Å². The molecule has 31 heavy (non-hydrogen) atoms. The highest BCUT2D eigenvalue weighted by molar-refractivity contribution is 6.03. The first-order chi connectivity index (χ1) is 14.8. The third-order valence-electron chi connectivity index (χ3n) is 5.32. The monoisotopic (exact) mass is 429 g/mol. The maximum absolute atomic E-state index is 13.6. The number of benzene rings is 2. The molecule has 3 amide bonds. The lowest BCUT2D eigenvalue weighted by Crippen LogP contribution is -2.57. The van der Waals surface area contributed by atoms with E-state index >= 15 is 0 Å². The summed E-state index contributed by atoms with van der Waals surface area (Å²) in [6, 6.07) is 9.76. The molecule has 1 fully saturated rings. The second kappa shape index (κ2) is 9.78. The molecule has 1 aliphatic heterocycles. The highest BCUT2D eigenvalue weighted by Gasteiger charge is 2.42. The van der Waals surface area contributed by atoms with Crippen molar-refractivity contribution < 1.29 is 23.2 Å². The van der Waals surface area contributed by atoms with Gasteiger partial charge in [0.25, 0.3) is 0 Å². The van der Waals surface area contributed by atoms with Crippen LogP contribution in [-0.4, -0.2) is 41.2 Å². The first kappa shape index (κ1) is 22.6. The van der Waals surface area contributed by atoms with E-state index in [1.807, 2.05) is 30.3 Å². The molecule has 6 nitrogen and oxygen atoms in total. The van der Waals surface area contributed by atoms with Gasteiger partial charge in [0.2, 0.25) is 17.7 Å². The number of hydrogen-bond donors (Lipinski definition) is 2. The summed E-state index contributed by atoms with van der Waals surface area (Å²) in [4.78, 5) is 40.1. The molecule has 0 saturated carbocycles. The maximum atomic E-state index is 13.6. The highest BCUT2D eigenvalue weighted by atomic mass is 19.1. The van der Waals surface area contributed by atoms with Crippen molar-refractivity contribution in [3.05, 3.63) is 71.3 Å². The first-order valence-electron chi connectivity index (χ1n) is 10.2. The molecule has 2 aromatic carbocycles. The standard InChI is InChI=1S/C23H25F2N3O3/c1-14(26)23(31)28(20(29)12-15-10-17(24)13-18(25)11-15)21-19(8-5-9-27-22(21)30)16-6-3-2-4-7-16/h2-4,6-7,10-11,13-14,19,21H,5,8-9,12,26H2,1H3,(H,27,30)/t14-,19-,21-/m0/s1. The molecule has 3 rings (SSSR count). The zero-order valence-electron chi connectivity index (χ0n) is 17.2. The van der Waals surface area contributed by atoms with Crippen molar-refractivity contribution in [1.29, 1.82) is 0 Å². The number of hydrogen-bond acceptors (Lipinski definition) is 4. The number of halogens is 2. The van der Waals surface area contributed by atoms with Gasteiger partial charge < -0.3 is 11.1 Å². The summed E-state index contributed by atoms with van der Waals surface area (Å²) < 4.78 is 27.2. The lowest BCUT2D eigenvalue weighted by atomic mass is 9.86. The SMILES string of the molecule is C[C@H](N)C(=O)N(C(=O)Cc1cc(F)cc(F)c1)[C@@H]1C(=O)NCCC[C@H]1c1ccccc1. The Hall–Kier alpha value is -3.13. The minimum Gasteiger partial charge on any atom is -0.354 e. The molecule has 0 aromatic heterocycles. The van der Waals surface area contributed by atoms with Crippen LogP contribution < -0.4 is 11.1 Å². The fourth-order valence-electron chi connectivity index (χ4n) is 3.93. The summed E-state index contributed by atoms with van der Waals surface area (Å²) in [7, 11) is 0. The zero-order chi connectivity index (χ0) is 22.5. The predicted molar refractivity (Wildman–Crippen MR) is 111 cm³/mol. The molecule has 3 N–H and O–H groups in total. The van der Waals surface area contributed by atoms with Gasteiger partial charge in [0.1, 0.15) is 17.7 Å². The molecule has 2 aromatic rings. The number of carbonyl (C=O) groups is 3. The Kier molecular flexibility index (Phi) is 7.12. The van der Waals surface area contributed by atoms with Gasteiger partial charge in [-0.25, -0.2) is 8.78 Å². The van der Waals surface area contributed by atoms with E-state index in [1.165, 1.54) is 6.92 Å². The number of nitrogens with zero attached hydrogens (tertiary/aromatic N) is 1. The van der Waals surface area contributed by atoms with E-state index in [2.05, 4.69) is 5.32 Å². The van der Waals surface area contributed by atoms with Gasteiger partial charge in [-0.15, -0.1) is 0 Å². The second-order valence-corrected chi connectivity index (χ2v) is 7.74. The molecule has 1 heterocycles. The van der Waals surface area contributed by atoms with Crippen LogP contribution >= 0.6 is 0 Å². The minimum atomic E-state index is -1.12. The van der Waals surface area contributed by atoms with Gasteiger partial charge in [-0.1, -0.05) is 30.3 Å². The molecule has 1 aliphatic rings. The first-order valence-corrected chi connectivity index (χ1v) is 10.2. The van der Waals surface area contributed by atoms with Crippen molar-refractivity contribution in [2.75, 3.05) is 6.54 Å². The molecule has 164 valence electrons. The molecule has 8 heteroatoms. The predicted octanol–water partition coefficient (Wildman–Crippen LogP) is 2.27. The van der Waals surface area contributed by atoms with E-state index in [0.717, 1.165) is 22.6 Å². The summed E-state index contributed by atoms with van der Waals surface area (Å²) in [5.41, 5.74) is 6.68. The molecule has 0 bridgehead atoms. The Morgan fingerprint density at radius 1 is 1.16 bits per heavy atom. The van der Waals surface area contributed by atoms with E-state index in [9.17, 15) is 23.2 Å². The van der Waals surface area contributed by atoms with E-state index in [1.54, 1.807) is 0 Å². The maximum Gasteiger partial charge on any atom is 0.246 e. The molecule has 0 radical (unpaired) electrons. The van der Waals surface area contributed by atoms with Crippen LogP contribution in [0.1, 0.15) is 36.8 Å². The van der Waals surface area contributed by atoms with Gasteiger partial charge in [-0.05, 0) is 43.0 Å². The van der Waals surface area contributed by atoms with Crippen molar-refractivity contribution in [3.8, 4) is 0 Å². The Bertz CT molecular complexity index is 946. The summed E-state index contributed by atoms with van der Waals surface area (Å²) in [5, 5.41) is 2.76. The van der Waals surface area contributed by atoms with Crippen molar-refractivity contribution in [2.24, 2.45) is 5.73 Å². The summed E-state index contributed by atoms with van der Waals surface area (Å²) >= 11 is 0. The number of carbonyl (C=O) groups excluding carboxylic acids is 3. The largest absolute Gasteiger partial charge is 0.354 e. The molecule has 0 spiro atoms. The number of amides is 3. The smallest absolute Gasteiger partial charge is 0.246 e. The normalized spacial score (nSPS) is 19.8. The Labute approximate surface area is 179 Å². The van der Waals surface area contributed by atoms with E-state index in [0.29, 0.717) is 25.5 Å². The van der Waals surface area contributed by atoms with E-state index < -0.39 is 53.8 Å². The van der Waals surface area contributed by atoms with Gasteiger partial charge >= 0.3 is 0 Å². The topological polar surface area (TPSA) is 92.5 Å². The summed E-state index contributed by atoms with van der Waals surface area (Å²) in [5.74, 6) is -4.01. The number of imide groups is 1. The van der Waals surface area contributed by atoms with Crippen molar-refractivity contribution >= 4 is 17.7 Å². The van der Waals surface area contributed by atoms with Crippen LogP contribution in [0.2, 0.25) is 0 Å². The van der Waals surface area contributed by atoms with Gasteiger partial charge in [-0.3, -0.25) is 19.3 Å². The number of nitrogens with two attached hydrogens (primary N) is 1. The van der Waals surface area contributed by atoms with Crippen LogP contribution in [-0.2, 0) is 20.8 Å². The average Bonchev–Trinajstić information content (AvgIpc) is 2.90. The van der Waals surface area contributed by atoms with Crippen LogP contribution in [0.5, 0.6) is 0 Å². The van der Waals surface area contributed by atoms with Crippen molar-refractivity contribution in [2.45, 2.75) is 44.2 Å². The fraction of sp³-hybridized carbons (Fsp3) is 0.348. The van der Waals surface area contributed by atoms with E-state index in [4.69, 9.17) is 5.73 Å². The molecule has 3 atom stereocenters. The van der Waals surface area contributed by atoms with Crippen molar-refractivity contribution in [3.63, 3.8) is 0 Å². The number of rotatable bonds is 5. The van der Waals surface area contributed by atoms with Crippen molar-refractivity contribution in [1.82, 2.24) is 10.2 Å². The van der Waals surface area contributed by atoms with Crippen LogP contribution in [0.4, 0.5) is 8.78 Å². The minimum absolute atomic E-state index is 0.0651. The highest BCUT2D eigenvalue weighted by Crippen LogP contribution is 2.31. The van der Waals surface area contributed by atoms with Crippen LogP contribution in [0.3, 0.4) is 0 Å². The van der Waals surface area contributed by atoms with Crippen LogP contribution in [0.25, 0.3) is 0 Å². The average molecular weight is 429 g/mol. The Balaban J connectivity index is 2.02. The Morgan fingerprint density at radius 3 is 2.42 bits per heavy atom. The molecule has 0 unspecified atom stereocenters. The molecular weight excluding hydrogens is 404 g/mol. The lowest BCUT2D eigenvalue weighted by Gasteiger charge is -2.34. The van der Waals surface area contributed by atoms with Crippen LogP contribution in [0.15, 0.2) is 48.5 Å². The fourth-order valence-corrected chi connectivity index (χ4v) is 3.93. The third kappa shape index (κ3) is 5.32. The summed E-state index contributed by atoms with van der Waals surface area (Å²) in [6.07, 6.45) is 0.793. The number of nitrogens with one attached hydrogen (secondary N) is 1. The molecule has 0 aliphatic carbocycles. The van der Waals surface area contributed by atoms with Gasteiger partial charge in [0.05, 0.1) is 12.5 Å². The second-order valence-electron chi connectivity index (χ2n) is 7.74. The Morgan fingerprint density at radius 2 is 1.81 bits per heavy atom. The van der Waals surface area contributed by atoms with E-state index in [-0.39, 0.29) is 5.56 Å². The quantitative estimate of drug-likeness (QED) is 0.763. The summed E-state index contributed by atoms with van der Waals surface area (Å²) in [6.45, 7) is 1.85.